The van der Waals surface area contributed by atoms with Gasteiger partial charge in [0.05, 0.1) is 0 Å². The second kappa shape index (κ2) is 5.59. The topological polar surface area (TPSA) is 47.0 Å². The fourth-order valence-corrected chi connectivity index (χ4v) is 2.37. The molecule has 1 fully saturated rings. The molecule has 0 aliphatic carbocycles. The van der Waals surface area contributed by atoms with Gasteiger partial charge in [0.25, 0.3) is 0 Å². The molecule has 1 aromatic rings. The fourth-order valence-electron chi connectivity index (χ4n) is 1.72. The normalized spacial score (nSPS) is 17.9. The van der Waals surface area contributed by atoms with Crippen LogP contribution in [0.15, 0.2) is 0 Å². The first-order chi connectivity index (χ1) is 7.75. The predicted molar refractivity (Wildman–Crippen MR) is 66.0 cm³/mol. The van der Waals surface area contributed by atoms with Gasteiger partial charge in [-0.1, -0.05) is 13.8 Å². The van der Waals surface area contributed by atoms with Gasteiger partial charge in [-0.15, -0.1) is 0 Å². The molecule has 0 radical (unpaired) electrons. The number of ether oxygens (including phenoxy) is 1. The van der Waals surface area contributed by atoms with Crippen LogP contribution >= 0.6 is 11.5 Å². The molecule has 0 bridgehead atoms. The van der Waals surface area contributed by atoms with Crippen LogP contribution in [-0.4, -0.2) is 29.1 Å². The number of hydrogen-bond donors (Lipinski definition) is 1. The average molecular weight is 241 g/mol. The minimum absolute atomic E-state index is 0.500. The Bertz CT molecular complexity index is 321. The molecule has 0 spiro atoms. The molecule has 90 valence electrons. The zero-order valence-corrected chi connectivity index (χ0v) is 10.7. The summed E-state index contributed by atoms with van der Waals surface area (Å²) in [4.78, 5) is 4.55. The molecular weight excluding hydrogens is 222 g/mol. The van der Waals surface area contributed by atoms with Crippen LogP contribution in [-0.2, 0) is 4.74 Å². The average Bonchev–Trinajstić information content (AvgIpc) is 2.76. The largest absolute Gasteiger partial charge is 0.381 e. The van der Waals surface area contributed by atoms with Crippen molar-refractivity contribution in [2.24, 2.45) is 5.92 Å². The Hall–Kier alpha value is -0.680. The smallest absolute Gasteiger partial charge is 0.202 e. The van der Waals surface area contributed by atoms with Crippen molar-refractivity contribution in [2.75, 3.05) is 25.1 Å². The Morgan fingerprint density at radius 3 is 2.88 bits per heavy atom. The van der Waals surface area contributed by atoms with Crippen molar-refractivity contribution in [1.82, 2.24) is 9.36 Å². The van der Waals surface area contributed by atoms with Gasteiger partial charge in [0.1, 0.15) is 5.82 Å². The van der Waals surface area contributed by atoms with Gasteiger partial charge in [0.2, 0.25) is 5.13 Å². The maximum Gasteiger partial charge on any atom is 0.202 e. The van der Waals surface area contributed by atoms with Crippen molar-refractivity contribution in [1.29, 1.82) is 0 Å². The van der Waals surface area contributed by atoms with Gasteiger partial charge in [-0.2, -0.15) is 4.37 Å². The van der Waals surface area contributed by atoms with Crippen LogP contribution in [0.2, 0.25) is 0 Å². The molecule has 0 amide bonds. The number of hydrogen-bond acceptors (Lipinski definition) is 5. The molecule has 5 heteroatoms. The second-order valence-corrected chi connectivity index (χ2v) is 5.37. The summed E-state index contributed by atoms with van der Waals surface area (Å²) in [6.45, 7) is 7.03. The predicted octanol–water partition coefficient (Wildman–Crippen LogP) is 2.50. The summed E-state index contributed by atoms with van der Waals surface area (Å²) in [5, 5.41) is 4.27. The van der Waals surface area contributed by atoms with E-state index in [0.29, 0.717) is 11.8 Å². The van der Waals surface area contributed by atoms with Crippen LogP contribution in [0.1, 0.15) is 38.4 Å². The van der Waals surface area contributed by atoms with Crippen molar-refractivity contribution in [3.05, 3.63) is 5.82 Å². The van der Waals surface area contributed by atoms with Crippen molar-refractivity contribution >= 4 is 16.7 Å². The van der Waals surface area contributed by atoms with Gasteiger partial charge in [-0.25, -0.2) is 4.98 Å². The number of nitrogens with one attached hydrogen (secondary N) is 1. The summed E-state index contributed by atoms with van der Waals surface area (Å²) in [6.07, 6.45) is 2.11. The zero-order valence-electron chi connectivity index (χ0n) is 9.90. The standard InChI is InChI=1S/C11H19N3OS/c1-8(2)7-12-11-13-10(14-16-11)9-3-5-15-6-4-9/h8-9H,3-7H2,1-2H3,(H,12,13,14). The first-order valence-electron chi connectivity index (χ1n) is 5.91. The van der Waals surface area contributed by atoms with Crippen molar-refractivity contribution in [2.45, 2.75) is 32.6 Å². The summed E-state index contributed by atoms with van der Waals surface area (Å²) < 4.78 is 9.77. The monoisotopic (exact) mass is 241 g/mol. The molecule has 2 rings (SSSR count). The van der Waals surface area contributed by atoms with E-state index in [2.05, 4.69) is 28.5 Å². The Morgan fingerprint density at radius 2 is 2.19 bits per heavy atom. The molecule has 1 aliphatic rings. The second-order valence-electron chi connectivity index (χ2n) is 4.62. The molecule has 1 aromatic heterocycles. The van der Waals surface area contributed by atoms with Crippen LogP contribution in [0.3, 0.4) is 0 Å². The highest BCUT2D eigenvalue weighted by Crippen LogP contribution is 2.26. The van der Waals surface area contributed by atoms with Crippen molar-refractivity contribution < 1.29 is 4.74 Å². The summed E-state index contributed by atoms with van der Waals surface area (Å²) in [5.74, 6) is 2.13. The SMILES string of the molecule is CC(C)CNc1nc(C2CCOCC2)ns1. The van der Waals surface area contributed by atoms with Gasteiger partial charge in [-0.05, 0) is 18.8 Å². The van der Waals surface area contributed by atoms with Crippen LogP contribution in [0.25, 0.3) is 0 Å². The summed E-state index contributed by atoms with van der Waals surface area (Å²) in [6, 6.07) is 0. The van der Waals surface area contributed by atoms with Crippen LogP contribution < -0.4 is 5.32 Å². The highest BCUT2D eigenvalue weighted by molar-refractivity contribution is 7.09. The molecule has 0 unspecified atom stereocenters. The maximum absolute atomic E-state index is 5.34. The molecule has 0 atom stereocenters. The summed E-state index contributed by atoms with van der Waals surface area (Å²) >= 11 is 1.47. The van der Waals surface area contributed by atoms with Gasteiger partial charge in [-0.3, -0.25) is 0 Å². The number of anilines is 1. The number of nitrogens with zero attached hydrogens (tertiary/aromatic N) is 2. The lowest BCUT2D eigenvalue weighted by Crippen LogP contribution is -2.15. The molecule has 16 heavy (non-hydrogen) atoms. The zero-order chi connectivity index (χ0) is 11.4. The lowest BCUT2D eigenvalue weighted by Gasteiger charge is -2.18. The number of rotatable bonds is 4. The summed E-state index contributed by atoms with van der Waals surface area (Å²) in [5.41, 5.74) is 0. The molecule has 2 heterocycles. The Balaban J connectivity index is 1.90. The maximum atomic E-state index is 5.34. The van der Waals surface area contributed by atoms with Crippen molar-refractivity contribution in [3.63, 3.8) is 0 Å². The fraction of sp³-hybridized carbons (Fsp3) is 0.818. The molecule has 1 aliphatic heterocycles. The van der Waals surface area contributed by atoms with Crippen LogP contribution in [0.4, 0.5) is 5.13 Å². The molecule has 1 saturated heterocycles. The summed E-state index contributed by atoms with van der Waals surface area (Å²) in [7, 11) is 0. The molecular formula is C11H19N3OS. The Morgan fingerprint density at radius 1 is 1.44 bits per heavy atom. The van der Waals surface area contributed by atoms with Crippen LogP contribution in [0.5, 0.6) is 0 Å². The highest BCUT2D eigenvalue weighted by Gasteiger charge is 2.20. The quantitative estimate of drug-likeness (QED) is 0.880. The van der Waals surface area contributed by atoms with E-state index in [9.17, 15) is 0 Å². The third-order valence-electron chi connectivity index (χ3n) is 2.69. The number of aromatic nitrogens is 2. The van der Waals surface area contributed by atoms with Gasteiger partial charge >= 0.3 is 0 Å². The first-order valence-corrected chi connectivity index (χ1v) is 6.68. The van der Waals surface area contributed by atoms with Gasteiger partial charge in [0.15, 0.2) is 0 Å². The lowest BCUT2D eigenvalue weighted by molar-refractivity contribution is 0.0838. The molecule has 0 saturated carbocycles. The lowest BCUT2D eigenvalue weighted by atomic mass is 10.00. The van der Waals surface area contributed by atoms with E-state index < -0.39 is 0 Å². The Kier molecular flexibility index (Phi) is 4.12. The molecule has 0 aromatic carbocycles. The van der Waals surface area contributed by atoms with E-state index in [4.69, 9.17) is 4.74 Å². The van der Waals surface area contributed by atoms with E-state index in [1.54, 1.807) is 0 Å². The Labute approximate surface area is 101 Å². The third kappa shape index (κ3) is 3.15. The van der Waals surface area contributed by atoms with Crippen molar-refractivity contribution in [3.8, 4) is 0 Å². The van der Waals surface area contributed by atoms with Gasteiger partial charge < -0.3 is 10.1 Å². The van der Waals surface area contributed by atoms with Gasteiger partial charge in [0, 0.05) is 37.2 Å². The minimum atomic E-state index is 0.500. The van der Waals surface area contributed by atoms with E-state index >= 15 is 0 Å². The third-order valence-corrected chi connectivity index (χ3v) is 3.38. The highest BCUT2D eigenvalue weighted by atomic mass is 32.1. The van der Waals surface area contributed by atoms with E-state index in [1.807, 2.05) is 0 Å². The first kappa shape index (κ1) is 11.8. The van der Waals surface area contributed by atoms with E-state index in [-0.39, 0.29) is 0 Å². The van der Waals surface area contributed by atoms with E-state index in [0.717, 1.165) is 43.6 Å². The molecule has 1 N–H and O–H groups in total. The molecule has 4 nitrogen and oxygen atoms in total. The van der Waals surface area contributed by atoms with E-state index in [1.165, 1.54) is 11.5 Å². The minimum Gasteiger partial charge on any atom is -0.381 e. The van der Waals surface area contributed by atoms with Crippen LogP contribution in [0, 0.1) is 5.92 Å².